The van der Waals surface area contributed by atoms with Crippen LogP contribution in [0.1, 0.15) is 35.2 Å². The molecule has 1 aromatic carbocycles. The predicted molar refractivity (Wildman–Crippen MR) is 94.3 cm³/mol. The Balaban J connectivity index is 1.56. The molecule has 2 fully saturated rings. The zero-order chi connectivity index (χ0) is 17.1. The molecular formula is C18H24ClN3O2. The van der Waals surface area contributed by atoms with Crippen molar-refractivity contribution in [3.05, 3.63) is 34.3 Å². The molecule has 1 saturated heterocycles. The highest BCUT2D eigenvalue weighted by atomic mass is 35.5. The minimum atomic E-state index is 0.0495. The van der Waals surface area contributed by atoms with Gasteiger partial charge >= 0.3 is 0 Å². The zero-order valence-electron chi connectivity index (χ0n) is 14.1. The Labute approximate surface area is 147 Å². The molecule has 5 nitrogen and oxygen atoms in total. The molecule has 0 spiro atoms. The Bertz CT molecular complexity index is 631. The molecule has 0 bridgehead atoms. The Morgan fingerprint density at radius 2 is 2.00 bits per heavy atom. The van der Waals surface area contributed by atoms with Crippen LogP contribution in [0.25, 0.3) is 0 Å². The van der Waals surface area contributed by atoms with Crippen LogP contribution in [0.2, 0.25) is 5.02 Å². The number of hydrogen-bond acceptors (Lipinski definition) is 3. The number of rotatable bonds is 4. The van der Waals surface area contributed by atoms with E-state index < -0.39 is 0 Å². The summed E-state index contributed by atoms with van der Waals surface area (Å²) in [5.41, 5.74) is 1.61. The van der Waals surface area contributed by atoms with Gasteiger partial charge in [-0.3, -0.25) is 14.5 Å². The first-order valence-electron chi connectivity index (χ1n) is 8.60. The molecule has 0 atom stereocenters. The average molecular weight is 350 g/mol. The summed E-state index contributed by atoms with van der Waals surface area (Å²) < 4.78 is 0. The highest BCUT2D eigenvalue weighted by Gasteiger charge is 2.26. The summed E-state index contributed by atoms with van der Waals surface area (Å²) in [7, 11) is 0. The maximum Gasteiger partial charge on any atom is 0.254 e. The largest absolute Gasteiger partial charge is 0.352 e. The normalized spacial score (nSPS) is 19.0. The quantitative estimate of drug-likeness (QED) is 0.905. The highest BCUT2D eigenvalue weighted by Crippen LogP contribution is 2.19. The number of aryl methyl sites for hydroxylation is 1. The Morgan fingerprint density at radius 1 is 1.21 bits per heavy atom. The number of benzene rings is 1. The van der Waals surface area contributed by atoms with Crippen LogP contribution >= 0.6 is 11.6 Å². The molecule has 0 radical (unpaired) electrons. The predicted octanol–water partition coefficient (Wildman–Crippen LogP) is 2.07. The third-order valence-corrected chi connectivity index (χ3v) is 4.84. The lowest BCUT2D eigenvalue weighted by Crippen LogP contribution is -2.40. The molecule has 1 N–H and O–H groups in total. The third kappa shape index (κ3) is 4.48. The number of carbonyl (C=O) groups excluding carboxylic acids is 2. The molecule has 1 aliphatic heterocycles. The van der Waals surface area contributed by atoms with Crippen LogP contribution in [-0.2, 0) is 4.79 Å². The van der Waals surface area contributed by atoms with Crippen molar-refractivity contribution in [1.82, 2.24) is 15.1 Å². The smallest absolute Gasteiger partial charge is 0.254 e. The van der Waals surface area contributed by atoms with E-state index in [1.807, 2.05) is 17.9 Å². The van der Waals surface area contributed by atoms with E-state index in [-0.39, 0.29) is 11.8 Å². The molecule has 0 aromatic heterocycles. The molecule has 0 unspecified atom stereocenters. The fraction of sp³-hybridized carbons (Fsp3) is 0.556. The number of nitrogens with one attached hydrogen (secondary N) is 1. The maximum absolute atomic E-state index is 12.8. The molecule has 130 valence electrons. The van der Waals surface area contributed by atoms with Crippen LogP contribution in [0, 0.1) is 6.92 Å². The molecule has 1 aromatic rings. The van der Waals surface area contributed by atoms with Crippen molar-refractivity contribution in [3.63, 3.8) is 0 Å². The summed E-state index contributed by atoms with van der Waals surface area (Å²) in [6.07, 6.45) is 3.10. The Hall–Kier alpha value is -1.59. The second-order valence-electron chi connectivity index (χ2n) is 6.72. The number of nitrogens with zero attached hydrogens (tertiary/aromatic N) is 2. The van der Waals surface area contributed by atoms with E-state index >= 15 is 0 Å². The fourth-order valence-electron chi connectivity index (χ4n) is 3.07. The molecule has 2 amide bonds. The summed E-state index contributed by atoms with van der Waals surface area (Å²) in [4.78, 5) is 28.7. The van der Waals surface area contributed by atoms with Crippen LogP contribution < -0.4 is 5.32 Å². The van der Waals surface area contributed by atoms with Gasteiger partial charge in [-0.2, -0.15) is 0 Å². The van der Waals surface area contributed by atoms with Crippen molar-refractivity contribution >= 4 is 23.4 Å². The van der Waals surface area contributed by atoms with E-state index in [1.54, 1.807) is 12.1 Å². The van der Waals surface area contributed by atoms with Crippen LogP contribution in [-0.4, -0.2) is 60.4 Å². The molecule has 24 heavy (non-hydrogen) atoms. The lowest BCUT2D eigenvalue weighted by molar-refractivity contribution is -0.122. The molecule has 1 saturated carbocycles. The molecule has 3 rings (SSSR count). The van der Waals surface area contributed by atoms with E-state index in [9.17, 15) is 9.59 Å². The lowest BCUT2D eigenvalue weighted by atomic mass is 10.1. The van der Waals surface area contributed by atoms with Gasteiger partial charge in [-0.25, -0.2) is 0 Å². The third-order valence-electron chi connectivity index (χ3n) is 4.60. The monoisotopic (exact) mass is 349 g/mol. The van der Waals surface area contributed by atoms with Gasteiger partial charge in [-0.05, 0) is 49.9 Å². The number of carbonyl (C=O) groups is 2. The van der Waals surface area contributed by atoms with E-state index in [4.69, 9.17) is 11.6 Å². The molecule has 1 aliphatic carbocycles. The first-order valence-corrected chi connectivity index (χ1v) is 8.98. The Kier molecular flexibility index (Phi) is 5.41. The van der Waals surface area contributed by atoms with Gasteiger partial charge in [0, 0.05) is 42.8 Å². The standard InChI is InChI=1S/C18H24ClN3O2/c1-13-11-14(19)3-6-16(13)18(24)22-8-2-7-21(9-10-22)12-17(23)20-15-4-5-15/h3,6,11,15H,2,4-5,7-10,12H2,1H3,(H,20,23). The number of halogens is 1. The minimum absolute atomic E-state index is 0.0495. The minimum Gasteiger partial charge on any atom is -0.352 e. The fourth-order valence-corrected chi connectivity index (χ4v) is 3.30. The van der Waals surface area contributed by atoms with Crippen molar-refractivity contribution in [2.45, 2.75) is 32.2 Å². The van der Waals surface area contributed by atoms with E-state index in [2.05, 4.69) is 10.2 Å². The maximum atomic E-state index is 12.8. The Morgan fingerprint density at radius 3 is 2.71 bits per heavy atom. The van der Waals surface area contributed by atoms with Gasteiger partial charge in [0.05, 0.1) is 6.54 Å². The van der Waals surface area contributed by atoms with Crippen molar-refractivity contribution < 1.29 is 9.59 Å². The topological polar surface area (TPSA) is 52.7 Å². The highest BCUT2D eigenvalue weighted by molar-refractivity contribution is 6.30. The second kappa shape index (κ2) is 7.53. The van der Waals surface area contributed by atoms with Gasteiger partial charge in [0.1, 0.15) is 0 Å². The van der Waals surface area contributed by atoms with Crippen molar-refractivity contribution in [2.75, 3.05) is 32.7 Å². The number of amides is 2. The summed E-state index contributed by atoms with van der Waals surface area (Å²) in [6, 6.07) is 5.77. The zero-order valence-corrected chi connectivity index (χ0v) is 14.8. The van der Waals surface area contributed by atoms with Crippen molar-refractivity contribution in [1.29, 1.82) is 0 Å². The number of hydrogen-bond donors (Lipinski definition) is 1. The van der Waals surface area contributed by atoms with Crippen LogP contribution in [0.5, 0.6) is 0 Å². The summed E-state index contributed by atoms with van der Waals surface area (Å²) in [5.74, 6) is 0.152. The van der Waals surface area contributed by atoms with Crippen LogP contribution in [0.15, 0.2) is 18.2 Å². The van der Waals surface area contributed by atoms with Gasteiger partial charge in [0.15, 0.2) is 0 Å². The second-order valence-corrected chi connectivity index (χ2v) is 7.16. The summed E-state index contributed by atoms with van der Waals surface area (Å²) in [6.45, 7) is 5.29. The van der Waals surface area contributed by atoms with E-state index in [1.165, 1.54) is 0 Å². The molecular weight excluding hydrogens is 326 g/mol. The van der Waals surface area contributed by atoms with Crippen LogP contribution in [0.3, 0.4) is 0 Å². The van der Waals surface area contributed by atoms with Gasteiger partial charge in [0.2, 0.25) is 5.91 Å². The summed E-state index contributed by atoms with van der Waals surface area (Å²) >= 11 is 5.97. The van der Waals surface area contributed by atoms with Gasteiger partial charge in [-0.15, -0.1) is 0 Å². The average Bonchev–Trinajstić information content (AvgIpc) is 3.34. The van der Waals surface area contributed by atoms with Gasteiger partial charge in [-0.1, -0.05) is 11.6 Å². The van der Waals surface area contributed by atoms with Crippen molar-refractivity contribution in [2.24, 2.45) is 0 Å². The molecule has 2 aliphatic rings. The first-order chi connectivity index (χ1) is 11.5. The van der Waals surface area contributed by atoms with Gasteiger partial charge < -0.3 is 10.2 Å². The molecule has 6 heteroatoms. The van der Waals surface area contributed by atoms with Crippen LogP contribution in [0.4, 0.5) is 0 Å². The SMILES string of the molecule is Cc1cc(Cl)ccc1C(=O)N1CCCN(CC(=O)NC2CC2)CC1. The summed E-state index contributed by atoms with van der Waals surface area (Å²) in [5, 5.41) is 3.67. The first kappa shape index (κ1) is 17.2. The van der Waals surface area contributed by atoms with Gasteiger partial charge in [0.25, 0.3) is 5.91 Å². The molecule has 1 heterocycles. The van der Waals surface area contributed by atoms with E-state index in [0.29, 0.717) is 29.7 Å². The van der Waals surface area contributed by atoms with E-state index in [0.717, 1.165) is 44.5 Å². The lowest BCUT2D eigenvalue weighted by Gasteiger charge is -2.22. The van der Waals surface area contributed by atoms with Crippen molar-refractivity contribution in [3.8, 4) is 0 Å².